The molecule has 1 aromatic heterocycles. The van der Waals surface area contributed by atoms with Gasteiger partial charge in [0.05, 0.1) is 11.8 Å². The summed E-state index contributed by atoms with van der Waals surface area (Å²) in [6, 6.07) is 11.8. The summed E-state index contributed by atoms with van der Waals surface area (Å²) in [6.45, 7) is 1.80. The summed E-state index contributed by atoms with van der Waals surface area (Å²) < 4.78 is 1.62. The van der Waals surface area contributed by atoms with Crippen molar-refractivity contribution in [2.45, 2.75) is 17.8 Å². The van der Waals surface area contributed by atoms with E-state index >= 15 is 0 Å². The highest BCUT2D eigenvalue weighted by Gasteiger charge is 2.10. The fourth-order valence-corrected chi connectivity index (χ4v) is 3.67. The minimum absolute atomic E-state index is 0.226. The first-order chi connectivity index (χ1) is 12.9. The van der Waals surface area contributed by atoms with E-state index in [4.69, 9.17) is 28.3 Å². The molecule has 138 valence electrons. The van der Waals surface area contributed by atoms with Crippen LogP contribution in [0.5, 0.6) is 0 Å². The summed E-state index contributed by atoms with van der Waals surface area (Å²) in [4.78, 5) is 10.9. The quantitative estimate of drug-likeness (QED) is 0.458. The van der Waals surface area contributed by atoms with Crippen molar-refractivity contribution in [3.05, 3.63) is 75.0 Å². The number of carboxylic acid groups (broad SMARTS) is 1. The molecule has 1 heterocycles. The topological polar surface area (TPSA) is 80.4 Å². The lowest BCUT2D eigenvalue weighted by Gasteiger charge is -2.05. The Morgan fingerprint density at radius 1 is 1.22 bits per heavy atom. The minimum atomic E-state index is -0.965. The van der Waals surface area contributed by atoms with Gasteiger partial charge in [0.15, 0.2) is 5.82 Å². The van der Waals surface area contributed by atoms with Gasteiger partial charge in [0.2, 0.25) is 5.16 Å². The van der Waals surface area contributed by atoms with E-state index in [1.165, 1.54) is 23.9 Å². The maximum absolute atomic E-state index is 10.9. The van der Waals surface area contributed by atoms with E-state index in [9.17, 15) is 4.79 Å². The second-order valence-electron chi connectivity index (χ2n) is 5.54. The Kier molecular flexibility index (Phi) is 6.15. The second kappa shape index (κ2) is 8.56. The zero-order valence-corrected chi connectivity index (χ0v) is 16.5. The van der Waals surface area contributed by atoms with E-state index in [1.54, 1.807) is 42.1 Å². The Bertz CT molecular complexity index is 1000. The van der Waals surface area contributed by atoms with Crippen LogP contribution in [0.4, 0.5) is 0 Å². The number of carboxylic acids is 1. The maximum atomic E-state index is 10.9. The third kappa shape index (κ3) is 4.88. The Labute approximate surface area is 169 Å². The van der Waals surface area contributed by atoms with Gasteiger partial charge in [-0.3, -0.25) is 0 Å². The lowest BCUT2D eigenvalue weighted by molar-refractivity contribution is 0.0697. The Balaban J connectivity index is 1.75. The molecule has 27 heavy (non-hydrogen) atoms. The van der Waals surface area contributed by atoms with Crippen molar-refractivity contribution < 1.29 is 9.90 Å². The first-order valence-corrected chi connectivity index (χ1v) is 9.54. The van der Waals surface area contributed by atoms with Crippen molar-refractivity contribution in [2.75, 3.05) is 0 Å². The van der Waals surface area contributed by atoms with Gasteiger partial charge in [0.1, 0.15) is 0 Å². The maximum Gasteiger partial charge on any atom is 0.335 e. The van der Waals surface area contributed by atoms with Gasteiger partial charge in [-0.25, -0.2) is 4.79 Å². The zero-order chi connectivity index (χ0) is 19.4. The van der Waals surface area contributed by atoms with Gasteiger partial charge in [-0.2, -0.15) is 9.78 Å². The second-order valence-corrected chi connectivity index (χ2v) is 7.32. The van der Waals surface area contributed by atoms with Crippen LogP contribution in [-0.2, 0) is 5.75 Å². The van der Waals surface area contributed by atoms with Gasteiger partial charge in [-0.05, 0) is 42.3 Å². The molecule has 1 N–H and O–H groups in total. The van der Waals surface area contributed by atoms with Crippen LogP contribution in [0.1, 0.15) is 27.3 Å². The predicted octanol–water partition coefficient (Wildman–Crippen LogP) is 4.77. The molecule has 0 radical (unpaired) electrons. The molecule has 0 unspecified atom stereocenters. The van der Waals surface area contributed by atoms with Crippen LogP contribution in [-0.4, -0.2) is 32.2 Å². The van der Waals surface area contributed by atoms with Crippen molar-refractivity contribution in [3.63, 3.8) is 0 Å². The predicted molar refractivity (Wildman–Crippen MR) is 107 cm³/mol. The van der Waals surface area contributed by atoms with Crippen LogP contribution in [0.25, 0.3) is 0 Å². The molecule has 0 aliphatic rings. The van der Waals surface area contributed by atoms with Crippen LogP contribution in [0.15, 0.2) is 52.7 Å². The zero-order valence-electron chi connectivity index (χ0n) is 14.1. The number of nitrogens with zero attached hydrogens (tertiary/aromatic N) is 4. The van der Waals surface area contributed by atoms with Crippen molar-refractivity contribution >= 4 is 47.1 Å². The number of rotatable bonds is 6. The number of aryl methyl sites for hydroxylation is 1. The number of aromatic carboxylic acids is 1. The van der Waals surface area contributed by atoms with Gasteiger partial charge in [0.25, 0.3) is 0 Å². The molecule has 2 aromatic carbocycles. The lowest BCUT2D eigenvalue weighted by atomic mass is 10.1. The highest BCUT2D eigenvalue weighted by Crippen LogP contribution is 2.28. The van der Waals surface area contributed by atoms with E-state index < -0.39 is 5.97 Å². The average Bonchev–Trinajstić information content (AvgIpc) is 2.99. The highest BCUT2D eigenvalue weighted by molar-refractivity contribution is 7.98. The lowest BCUT2D eigenvalue weighted by Crippen LogP contribution is -1.98. The van der Waals surface area contributed by atoms with E-state index in [1.807, 2.05) is 6.07 Å². The summed E-state index contributed by atoms with van der Waals surface area (Å²) in [5, 5.41) is 23.4. The molecule has 0 fully saturated rings. The van der Waals surface area contributed by atoms with Gasteiger partial charge in [-0.1, -0.05) is 53.2 Å². The van der Waals surface area contributed by atoms with Crippen LogP contribution >= 0.6 is 35.0 Å². The number of hydrogen-bond donors (Lipinski definition) is 1. The van der Waals surface area contributed by atoms with E-state index in [-0.39, 0.29) is 5.56 Å². The van der Waals surface area contributed by atoms with Crippen LogP contribution in [0.3, 0.4) is 0 Å². The van der Waals surface area contributed by atoms with Crippen molar-refractivity contribution in [1.82, 2.24) is 14.9 Å². The molecule has 0 amide bonds. The summed E-state index contributed by atoms with van der Waals surface area (Å²) in [5.41, 5.74) is 1.93. The number of hydrogen-bond acceptors (Lipinski definition) is 5. The fraction of sp³-hybridized carbons (Fsp3) is 0.111. The number of benzene rings is 2. The molecule has 3 rings (SSSR count). The Hall–Kier alpha value is -2.35. The summed E-state index contributed by atoms with van der Waals surface area (Å²) >= 11 is 13.6. The monoisotopic (exact) mass is 420 g/mol. The first kappa shape index (κ1) is 19.4. The summed E-state index contributed by atoms with van der Waals surface area (Å²) in [6.07, 6.45) is 1.63. The highest BCUT2D eigenvalue weighted by atomic mass is 35.5. The average molecular weight is 421 g/mol. The molecule has 0 spiro atoms. The third-order valence-corrected chi connectivity index (χ3v) is 5.17. The number of carbonyl (C=O) groups is 1. The summed E-state index contributed by atoms with van der Waals surface area (Å²) in [7, 11) is 0. The van der Waals surface area contributed by atoms with E-state index in [0.29, 0.717) is 26.8 Å². The normalized spacial score (nSPS) is 11.2. The van der Waals surface area contributed by atoms with E-state index in [2.05, 4.69) is 15.3 Å². The number of aromatic nitrogens is 3. The molecule has 0 aliphatic heterocycles. The van der Waals surface area contributed by atoms with E-state index in [0.717, 1.165) is 11.1 Å². The first-order valence-electron chi connectivity index (χ1n) is 7.80. The van der Waals surface area contributed by atoms with Gasteiger partial charge < -0.3 is 5.11 Å². The Morgan fingerprint density at radius 3 is 2.63 bits per heavy atom. The molecule has 0 saturated carbocycles. The molecule has 3 aromatic rings. The number of halogens is 2. The molecule has 0 saturated heterocycles. The summed E-state index contributed by atoms with van der Waals surface area (Å²) in [5.74, 6) is 0.266. The molecule has 6 nitrogen and oxygen atoms in total. The van der Waals surface area contributed by atoms with Gasteiger partial charge in [-0.15, -0.1) is 10.2 Å². The van der Waals surface area contributed by atoms with Gasteiger partial charge in [0, 0.05) is 15.8 Å². The van der Waals surface area contributed by atoms with Crippen LogP contribution in [0.2, 0.25) is 10.0 Å². The molecule has 0 atom stereocenters. The number of thioether (sulfide) groups is 1. The SMILES string of the molecule is Cc1nnc(SCc2ccc(Cl)cc2Cl)n1/N=C/c1ccc(C(=O)O)cc1. The third-order valence-electron chi connectivity index (χ3n) is 3.62. The van der Waals surface area contributed by atoms with Crippen LogP contribution < -0.4 is 0 Å². The fourth-order valence-electron chi connectivity index (χ4n) is 2.18. The Morgan fingerprint density at radius 2 is 1.96 bits per heavy atom. The molecular formula is C18H14Cl2N4O2S. The van der Waals surface area contributed by atoms with Crippen molar-refractivity contribution in [2.24, 2.45) is 5.10 Å². The molecule has 9 heteroatoms. The minimum Gasteiger partial charge on any atom is -0.478 e. The van der Waals surface area contributed by atoms with Crippen molar-refractivity contribution in [3.8, 4) is 0 Å². The van der Waals surface area contributed by atoms with Gasteiger partial charge >= 0.3 is 5.97 Å². The molecule has 0 bridgehead atoms. The largest absolute Gasteiger partial charge is 0.478 e. The molecule has 0 aliphatic carbocycles. The molecular weight excluding hydrogens is 407 g/mol. The van der Waals surface area contributed by atoms with Crippen molar-refractivity contribution in [1.29, 1.82) is 0 Å². The standard InChI is InChI=1S/C18H14Cl2N4O2S/c1-11-22-23-18(27-10-14-6-7-15(19)8-16(14)20)24(11)21-9-12-2-4-13(5-3-12)17(25)26/h2-9H,10H2,1H3,(H,25,26)/b21-9+. The smallest absolute Gasteiger partial charge is 0.335 e. The van der Waals surface area contributed by atoms with Crippen LogP contribution in [0, 0.1) is 6.92 Å².